The van der Waals surface area contributed by atoms with Gasteiger partial charge in [0.15, 0.2) is 0 Å². The highest BCUT2D eigenvalue weighted by atomic mass is 15.1. The smallest absolute Gasteiger partial charge is 0.132 e. The molecule has 2 N–H and O–H groups in total. The van der Waals surface area contributed by atoms with Crippen LogP contribution < -0.4 is 5.73 Å². The Labute approximate surface area is 104 Å². The number of rotatable bonds is 2. The van der Waals surface area contributed by atoms with Crippen LogP contribution in [0.3, 0.4) is 0 Å². The minimum absolute atomic E-state index is 0.494. The van der Waals surface area contributed by atoms with Gasteiger partial charge in [0.1, 0.15) is 5.82 Å². The summed E-state index contributed by atoms with van der Waals surface area (Å²) < 4.78 is 1.95. The van der Waals surface area contributed by atoms with E-state index in [1.165, 1.54) is 0 Å². The zero-order chi connectivity index (χ0) is 12.4. The van der Waals surface area contributed by atoms with Gasteiger partial charge in [0.05, 0.1) is 23.9 Å². The van der Waals surface area contributed by atoms with Gasteiger partial charge >= 0.3 is 0 Å². The van der Waals surface area contributed by atoms with Crippen LogP contribution in [0.1, 0.15) is 0 Å². The van der Waals surface area contributed by atoms with Crippen molar-refractivity contribution in [2.45, 2.75) is 0 Å². The monoisotopic (exact) mass is 237 g/mol. The van der Waals surface area contributed by atoms with Crippen LogP contribution in [0.4, 0.5) is 5.82 Å². The number of nitrogen functional groups attached to an aromatic ring is 1. The molecule has 0 fully saturated rings. The second kappa shape index (κ2) is 4.29. The summed E-state index contributed by atoms with van der Waals surface area (Å²) in [6, 6.07) is 7.61. The molecule has 3 aromatic heterocycles. The standard InChI is InChI=1S/C13H11N5/c14-13-11(2-1-5-17-13)12-8-16-9-18(12)10-3-6-15-7-4-10/h1-9H,(H2,14,17). The van der Waals surface area contributed by atoms with Crippen molar-refractivity contribution in [3.05, 3.63) is 55.4 Å². The van der Waals surface area contributed by atoms with E-state index in [2.05, 4.69) is 15.0 Å². The fourth-order valence-electron chi connectivity index (χ4n) is 1.84. The molecule has 3 aromatic rings. The topological polar surface area (TPSA) is 69.6 Å². The third-order valence-electron chi connectivity index (χ3n) is 2.69. The molecular weight excluding hydrogens is 226 g/mol. The molecule has 0 amide bonds. The van der Waals surface area contributed by atoms with E-state index in [4.69, 9.17) is 5.73 Å². The van der Waals surface area contributed by atoms with Gasteiger partial charge in [-0.25, -0.2) is 9.97 Å². The van der Waals surface area contributed by atoms with Crippen LogP contribution in [0.5, 0.6) is 0 Å². The Morgan fingerprint density at radius 1 is 1.00 bits per heavy atom. The molecule has 5 heteroatoms. The number of pyridine rings is 2. The lowest BCUT2D eigenvalue weighted by Gasteiger charge is -2.09. The Hall–Kier alpha value is -2.69. The molecule has 3 heterocycles. The third kappa shape index (κ3) is 1.71. The molecule has 0 aromatic carbocycles. The highest BCUT2D eigenvalue weighted by molar-refractivity contribution is 5.71. The van der Waals surface area contributed by atoms with Crippen LogP contribution in [0.2, 0.25) is 0 Å². The summed E-state index contributed by atoms with van der Waals surface area (Å²) in [5.41, 5.74) is 8.66. The molecule has 0 spiro atoms. The Balaban J connectivity index is 2.16. The molecule has 0 saturated heterocycles. The van der Waals surface area contributed by atoms with Gasteiger partial charge in [0, 0.05) is 24.2 Å². The van der Waals surface area contributed by atoms with Crippen LogP contribution in [0.15, 0.2) is 55.4 Å². The maximum atomic E-state index is 5.89. The molecule has 0 radical (unpaired) electrons. The van der Waals surface area contributed by atoms with E-state index in [-0.39, 0.29) is 0 Å². The van der Waals surface area contributed by atoms with Gasteiger partial charge in [-0.3, -0.25) is 9.55 Å². The highest BCUT2D eigenvalue weighted by Gasteiger charge is 2.09. The summed E-state index contributed by atoms with van der Waals surface area (Å²) in [6.45, 7) is 0. The average Bonchev–Trinajstić information content (AvgIpc) is 2.89. The van der Waals surface area contributed by atoms with Crippen molar-refractivity contribution in [3.63, 3.8) is 0 Å². The molecule has 0 saturated carbocycles. The van der Waals surface area contributed by atoms with E-state index in [0.29, 0.717) is 5.82 Å². The molecule has 0 unspecified atom stereocenters. The molecule has 0 aliphatic carbocycles. The first-order chi connectivity index (χ1) is 8.86. The largest absolute Gasteiger partial charge is 0.383 e. The normalized spacial score (nSPS) is 10.4. The first-order valence-corrected chi connectivity index (χ1v) is 5.50. The van der Waals surface area contributed by atoms with Crippen molar-refractivity contribution < 1.29 is 0 Å². The summed E-state index contributed by atoms with van der Waals surface area (Å²) in [5, 5.41) is 0. The number of nitrogens with zero attached hydrogens (tertiary/aromatic N) is 4. The van der Waals surface area contributed by atoms with Gasteiger partial charge in [-0.2, -0.15) is 0 Å². The maximum Gasteiger partial charge on any atom is 0.132 e. The summed E-state index contributed by atoms with van der Waals surface area (Å²) in [5.74, 6) is 0.494. The van der Waals surface area contributed by atoms with Crippen molar-refractivity contribution in [1.82, 2.24) is 19.5 Å². The first kappa shape index (κ1) is 10.5. The van der Waals surface area contributed by atoms with E-state index in [9.17, 15) is 0 Å². The second-order valence-electron chi connectivity index (χ2n) is 3.79. The molecular formula is C13H11N5. The Morgan fingerprint density at radius 3 is 2.61 bits per heavy atom. The zero-order valence-electron chi connectivity index (χ0n) is 9.56. The van der Waals surface area contributed by atoms with Gasteiger partial charge in [-0.05, 0) is 24.3 Å². The minimum Gasteiger partial charge on any atom is -0.383 e. The van der Waals surface area contributed by atoms with Gasteiger partial charge in [0.2, 0.25) is 0 Å². The summed E-state index contributed by atoms with van der Waals surface area (Å²) in [6.07, 6.45) is 8.67. The average molecular weight is 237 g/mol. The van der Waals surface area contributed by atoms with Crippen LogP contribution >= 0.6 is 0 Å². The number of imidazole rings is 1. The van der Waals surface area contributed by atoms with Crippen molar-refractivity contribution >= 4 is 5.82 Å². The number of nitrogens with two attached hydrogens (primary N) is 1. The van der Waals surface area contributed by atoms with Gasteiger partial charge < -0.3 is 5.73 Å². The molecule has 0 aliphatic heterocycles. The Kier molecular flexibility index (Phi) is 2.49. The molecule has 0 aliphatic rings. The number of aromatic nitrogens is 4. The van der Waals surface area contributed by atoms with Crippen LogP contribution in [0.25, 0.3) is 16.9 Å². The van der Waals surface area contributed by atoms with Crippen LogP contribution in [0, 0.1) is 0 Å². The molecule has 18 heavy (non-hydrogen) atoms. The predicted molar refractivity (Wildman–Crippen MR) is 69.0 cm³/mol. The fourth-order valence-corrected chi connectivity index (χ4v) is 1.84. The Bertz CT molecular complexity index is 660. The summed E-state index contributed by atoms with van der Waals surface area (Å²) >= 11 is 0. The van der Waals surface area contributed by atoms with E-state index in [1.54, 1.807) is 31.1 Å². The lowest BCUT2D eigenvalue weighted by atomic mass is 10.2. The van der Waals surface area contributed by atoms with Gasteiger partial charge in [0.25, 0.3) is 0 Å². The quantitative estimate of drug-likeness (QED) is 0.739. The van der Waals surface area contributed by atoms with Gasteiger partial charge in [-0.15, -0.1) is 0 Å². The third-order valence-corrected chi connectivity index (χ3v) is 2.69. The lowest BCUT2D eigenvalue weighted by Crippen LogP contribution is -1.99. The number of anilines is 1. The van der Waals surface area contributed by atoms with Crippen LogP contribution in [-0.4, -0.2) is 19.5 Å². The van der Waals surface area contributed by atoms with Crippen molar-refractivity contribution in [1.29, 1.82) is 0 Å². The summed E-state index contributed by atoms with van der Waals surface area (Å²) in [7, 11) is 0. The Morgan fingerprint density at radius 2 is 1.83 bits per heavy atom. The van der Waals surface area contributed by atoms with Gasteiger partial charge in [-0.1, -0.05) is 0 Å². The molecule has 0 atom stereocenters. The van der Waals surface area contributed by atoms with Crippen molar-refractivity contribution in [2.24, 2.45) is 0 Å². The van der Waals surface area contributed by atoms with E-state index in [1.807, 2.05) is 28.8 Å². The zero-order valence-corrected chi connectivity index (χ0v) is 9.56. The molecule has 3 rings (SSSR count). The number of hydrogen-bond acceptors (Lipinski definition) is 4. The predicted octanol–water partition coefficient (Wildman–Crippen LogP) is 1.91. The lowest BCUT2D eigenvalue weighted by molar-refractivity contribution is 1.05. The molecule has 5 nitrogen and oxygen atoms in total. The second-order valence-corrected chi connectivity index (χ2v) is 3.79. The van der Waals surface area contributed by atoms with E-state index in [0.717, 1.165) is 16.9 Å². The van der Waals surface area contributed by atoms with E-state index >= 15 is 0 Å². The molecule has 88 valence electrons. The minimum atomic E-state index is 0.494. The first-order valence-electron chi connectivity index (χ1n) is 5.50. The SMILES string of the molecule is Nc1ncccc1-c1cncn1-c1ccncc1. The van der Waals surface area contributed by atoms with Crippen LogP contribution in [-0.2, 0) is 0 Å². The fraction of sp³-hybridized carbons (Fsp3) is 0. The van der Waals surface area contributed by atoms with E-state index < -0.39 is 0 Å². The maximum absolute atomic E-state index is 5.89. The summed E-state index contributed by atoms with van der Waals surface area (Å²) in [4.78, 5) is 12.3. The van der Waals surface area contributed by atoms with Crippen molar-refractivity contribution in [3.8, 4) is 16.9 Å². The molecule has 0 bridgehead atoms. The van der Waals surface area contributed by atoms with Crippen molar-refractivity contribution in [2.75, 3.05) is 5.73 Å². The number of hydrogen-bond donors (Lipinski definition) is 1. The highest BCUT2D eigenvalue weighted by Crippen LogP contribution is 2.25.